The zero-order valence-electron chi connectivity index (χ0n) is 25.0. The highest BCUT2D eigenvalue weighted by Gasteiger charge is 2.21. The van der Waals surface area contributed by atoms with Crippen LogP contribution < -0.4 is 30.9 Å². The Bertz CT molecular complexity index is 1640. The van der Waals surface area contributed by atoms with Crippen molar-refractivity contribution in [1.82, 2.24) is 25.2 Å². The van der Waals surface area contributed by atoms with Crippen LogP contribution in [-0.4, -0.2) is 85.5 Å². The molecule has 12 heteroatoms. The van der Waals surface area contributed by atoms with Gasteiger partial charge in [-0.15, -0.1) is 0 Å². The molecule has 11 nitrogen and oxygen atoms in total. The Morgan fingerprint density at radius 2 is 1.74 bits per heavy atom. The number of methoxy groups -OCH3 is 1. The van der Waals surface area contributed by atoms with Crippen LogP contribution in [0.5, 0.6) is 5.75 Å². The molecule has 0 saturated carbocycles. The van der Waals surface area contributed by atoms with E-state index < -0.39 is 7.14 Å². The summed E-state index contributed by atoms with van der Waals surface area (Å²) in [6.07, 6.45) is 1.79. The van der Waals surface area contributed by atoms with E-state index in [1.165, 1.54) is 0 Å². The Labute approximate surface area is 246 Å². The number of amides is 1. The maximum Gasteiger partial charge on any atom is 0.253 e. The fourth-order valence-electron chi connectivity index (χ4n) is 5.12. The van der Waals surface area contributed by atoms with Crippen molar-refractivity contribution in [3.05, 3.63) is 54.2 Å². The monoisotopic (exact) mass is 590 g/mol. The lowest BCUT2D eigenvalue weighted by atomic mass is 10.1. The molecule has 222 valence electrons. The number of rotatable bonds is 9. The molecule has 1 amide bonds. The van der Waals surface area contributed by atoms with Crippen LogP contribution in [0.15, 0.2) is 48.7 Å². The molecule has 5 rings (SSSR count). The topological polar surface area (TPSA) is 128 Å². The van der Waals surface area contributed by atoms with Crippen molar-refractivity contribution in [1.29, 1.82) is 0 Å². The van der Waals surface area contributed by atoms with Crippen LogP contribution >= 0.6 is 7.14 Å². The lowest BCUT2D eigenvalue weighted by molar-refractivity contribution is 0.0964. The first-order chi connectivity index (χ1) is 20.1. The third-order valence-corrected chi connectivity index (χ3v) is 9.13. The molecule has 0 radical (unpaired) electrons. The van der Waals surface area contributed by atoms with Crippen LogP contribution in [0, 0.1) is 0 Å². The predicted octanol–water partition coefficient (Wildman–Crippen LogP) is 4.59. The molecule has 2 aromatic carbocycles. The predicted molar refractivity (Wildman–Crippen MR) is 171 cm³/mol. The molecular formula is C30H39N8O3P. The first kappa shape index (κ1) is 29.4. The van der Waals surface area contributed by atoms with Gasteiger partial charge in [0.05, 0.1) is 29.4 Å². The molecular weight excluding hydrogens is 551 g/mol. The molecule has 1 fully saturated rings. The van der Waals surface area contributed by atoms with Gasteiger partial charge in [-0.1, -0.05) is 0 Å². The van der Waals surface area contributed by atoms with E-state index in [-0.39, 0.29) is 5.91 Å². The van der Waals surface area contributed by atoms with Gasteiger partial charge >= 0.3 is 0 Å². The smallest absolute Gasteiger partial charge is 0.253 e. The van der Waals surface area contributed by atoms with Crippen LogP contribution in [0.1, 0.15) is 24.2 Å². The minimum absolute atomic E-state index is 0.291. The number of nitrogens with one attached hydrogen (secondary N) is 4. The van der Waals surface area contributed by atoms with E-state index in [1.807, 2.05) is 18.2 Å². The van der Waals surface area contributed by atoms with Gasteiger partial charge < -0.3 is 35.1 Å². The second-order valence-corrected chi connectivity index (χ2v) is 14.3. The fraction of sp³-hybridized carbons (Fsp3) is 0.367. The van der Waals surface area contributed by atoms with E-state index in [2.05, 4.69) is 55.6 Å². The summed E-state index contributed by atoms with van der Waals surface area (Å²) in [6.45, 7) is 11.8. The number of fused-ring (bicyclic) bond motifs is 1. The molecule has 1 aliphatic rings. The number of benzene rings is 2. The molecule has 4 N–H and O–H groups in total. The highest BCUT2D eigenvalue weighted by molar-refractivity contribution is 7.70. The summed E-state index contributed by atoms with van der Waals surface area (Å²) >= 11 is 0. The summed E-state index contributed by atoms with van der Waals surface area (Å²) in [5.74, 6) is 1.26. The number of aromatic amines is 1. The maximum atomic E-state index is 12.8. The van der Waals surface area contributed by atoms with Crippen molar-refractivity contribution in [2.75, 3.05) is 69.2 Å². The lowest BCUT2D eigenvalue weighted by Gasteiger charge is -2.38. The molecule has 1 saturated heterocycles. The molecule has 2 aromatic heterocycles. The highest BCUT2D eigenvalue weighted by atomic mass is 31.2. The number of carbonyl (C=O) groups is 1. The summed E-state index contributed by atoms with van der Waals surface area (Å²) in [5, 5.41) is 10.7. The van der Waals surface area contributed by atoms with E-state index in [0.717, 1.165) is 42.9 Å². The number of hydrogen-bond donors (Lipinski definition) is 4. The second-order valence-electron chi connectivity index (χ2n) is 11.0. The van der Waals surface area contributed by atoms with Crippen molar-refractivity contribution in [2.24, 2.45) is 0 Å². The molecule has 42 heavy (non-hydrogen) atoms. The summed E-state index contributed by atoms with van der Waals surface area (Å²) in [5.41, 5.74) is 3.38. The maximum absolute atomic E-state index is 12.8. The molecule has 0 bridgehead atoms. The third kappa shape index (κ3) is 6.22. The average Bonchev–Trinajstić information content (AvgIpc) is 3.46. The van der Waals surface area contributed by atoms with Crippen molar-refractivity contribution >= 4 is 58.2 Å². The van der Waals surface area contributed by atoms with Crippen LogP contribution in [0.2, 0.25) is 0 Å². The molecule has 0 spiro atoms. The zero-order valence-corrected chi connectivity index (χ0v) is 25.9. The third-order valence-electron chi connectivity index (χ3n) is 7.61. The average molecular weight is 591 g/mol. The minimum atomic E-state index is -2.57. The van der Waals surface area contributed by atoms with Crippen LogP contribution in [-0.2, 0) is 4.57 Å². The van der Waals surface area contributed by atoms with Crippen LogP contribution in [0.4, 0.5) is 28.8 Å². The van der Waals surface area contributed by atoms with Gasteiger partial charge in [0.2, 0.25) is 5.95 Å². The normalized spacial score (nSPS) is 14.3. The van der Waals surface area contributed by atoms with E-state index in [1.54, 1.807) is 51.9 Å². The van der Waals surface area contributed by atoms with Crippen LogP contribution in [0.25, 0.3) is 11.0 Å². The van der Waals surface area contributed by atoms with Crippen molar-refractivity contribution < 1.29 is 14.1 Å². The number of piperazine rings is 1. The van der Waals surface area contributed by atoms with E-state index in [0.29, 0.717) is 45.8 Å². The molecule has 1 aliphatic heterocycles. The van der Waals surface area contributed by atoms with Gasteiger partial charge in [0.1, 0.15) is 24.4 Å². The van der Waals surface area contributed by atoms with Gasteiger partial charge in [-0.05, 0) is 63.6 Å². The Kier molecular flexibility index (Phi) is 8.43. The van der Waals surface area contributed by atoms with E-state index in [9.17, 15) is 9.36 Å². The quantitative estimate of drug-likeness (QED) is 0.207. The molecule has 3 heterocycles. The highest BCUT2D eigenvalue weighted by Crippen LogP contribution is 2.37. The first-order valence-corrected chi connectivity index (χ1v) is 16.7. The Balaban J connectivity index is 1.43. The number of carbonyl (C=O) groups excluding carboxylic acids is 1. The standard InChI is InChI=1S/C30H39N8O3P/c1-19(2)37-13-15-38(16-14-37)20-7-9-25(26(17-20)41-4)34-30-35-27-22(11-12-32-27)28(36-30)33-24-10-8-21(42(5,6)40)18-23(24)29(39)31-3/h7-12,17-19H,13-16H2,1-6H3,(H,31,39)(H3,32,33,34,35,36). The second kappa shape index (κ2) is 12.0. The lowest BCUT2D eigenvalue weighted by Crippen LogP contribution is -2.48. The van der Waals surface area contributed by atoms with Gasteiger partial charge in [0.25, 0.3) is 5.91 Å². The Hall–Kier alpha value is -4.08. The zero-order chi connectivity index (χ0) is 30.0. The first-order valence-electron chi connectivity index (χ1n) is 14.0. The summed E-state index contributed by atoms with van der Waals surface area (Å²) in [7, 11) is 0.652. The molecule has 4 aromatic rings. The van der Waals surface area contributed by atoms with Crippen molar-refractivity contribution in [3.8, 4) is 5.75 Å². The summed E-state index contributed by atoms with van der Waals surface area (Å²) < 4.78 is 18.5. The molecule has 0 unspecified atom stereocenters. The van der Waals surface area contributed by atoms with Crippen molar-refractivity contribution in [2.45, 2.75) is 19.9 Å². The van der Waals surface area contributed by atoms with Gasteiger partial charge in [0.15, 0.2) is 0 Å². The largest absolute Gasteiger partial charge is 0.494 e. The van der Waals surface area contributed by atoms with Gasteiger partial charge in [-0.3, -0.25) is 9.69 Å². The number of hydrogen-bond acceptors (Lipinski definition) is 9. The number of aromatic nitrogens is 3. The number of H-pyrrole nitrogens is 1. The van der Waals surface area contributed by atoms with Gasteiger partial charge in [0, 0.05) is 62.5 Å². The van der Waals surface area contributed by atoms with Crippen LogP contribution in [0.3, 0.4) is 0 Å². The van der Waals surface area contributed by atoms with E-state index in [4.69, 9.17) is 9.72 Å². The summed E-state index contributed by atoms with van der Waals surface area (Å²) in [6, 6.07) is 13.7. The Morgan fingerprint density at radius 3 is 2.40 bits per heavy atom. The fourth-order valence-corrected chi connectivity index (χ4v) is 5.99. The molecule has 0 atom stereocenters. The van der Waals surface area contributed by atoms with Crippen molar-refractivity contribution in [3.63, 3.8) is 0 Å². The number of nitrogens with zero attached hydrogens (tertiary/aromatic N) is 4. The summed E-state index contributed by atoms with van der Waals surface area (Å²) in [4.78, 5) is 30.2. The van der Waals surface area contributed by atoms with Gasteiger partial charge in [-0.25, -0.2) is 0 Å². The molecule has 0 aliphatic carbocycles. The minimum Gasteiger partial charge on any atom is -0.494 e. The number of ether oxygens (including phenoxy) is 1. The van der Waals surface area contributed by atoms with E-state index >= 15 is 0 Å². The number of anilines is 5. The SMILES string of the molecule is CNC(=O)c1cc(P(C)(C)=O)ccc1Nc1nc(Nc2ccc(N3CCN(C(C)C)CC3)cc2OC)nc2[nH]ccc12. The van der Waals surface area contributed by atoms with Gasteiger partial charge in [-0.2, -0.15) is 9.97 Å². The Morgan fingerprint density at radius 1 is 1.00 bits per heavy atom.